The van der Waals surface area contributed by atoms with Crippen molar-refractivity contribution in [3.8, 4) is 0 Å². The summed E-state index contributed by atoms with van der Waals surface area (Å²) in [6, 6.07) is 0. The Bertz CT molecular complexity index is 552. The van der Waals surface area contributed by atoms with Gasteiger partial charge in [-0.3, -0.25) is 4.79 Å². The Morgan fingerprint density at radius 3 is 2.45 bits per heavy atom. The number of piperidine rings is 1. The summed E-state index contributed by atoms with van der Waals surface area (Å²) in [5.41, 5.74) is 0.544. The standard InChI is InChI=1S/C14H17F3N4O/c15-14(16,17)12-19-6-10(7-20-12)8-21-9-13(5-11(21)22)1-3-18-4-2-13/h6-7,18H,1-5,8-9H2. The second kappa shape index (κ2) is 5.49. The molecule has 1 aromatic rings. The average molecular weight is 314 g/mol. The van der Waals surface area contributed by atoms with E-state index in [-0.39, 0.29) is 17.9 Å². The van der Waals surface area contributed by atoms with E-state index < -0.39 is 12.0 Å². The third-order valence-corrected chi connectivity index (χ3v) is 4.40. The zero-order valence-electron chi connectivity index (χ0n) is 12.0. The molecule has 0 radical (unpaired) electrons. The number of nitrogens with zero attached hydrogens (tertiary/aromatic N) is 3. The Morgan fingerprint density at radius 1 is 1.23 bits per heavy atom. The lowest BCUT2D eigenvalue weighted by atomic mass is 9.78. The highest BCUT2D eigenvalue weighted by molar-refractivity contribution is 5.79. The first-order valence-electron chi connectivity index (χ1n) is 7.25. The van der Waals surface area contributed by atoms with Crippen LogP contribution in [0.2, 0.25) is 0 Å². The minimum absolute atomic E-state index is 0.0229. The predicted octanol–water partition coefficient (Wildman–Crippen LogP) is 1.60. The smallest absolute Gasteiger partial charge is 0.338 e. The van der Waals surface area contributed by atoms with Gasteiger partial charge in [-0.25, -0.2) is 9.97 Å². The number of amides is 1. The molecule has 0 aliphatic carbocycles. The number of alkyl halides is 3. The number of hydrogen-bond donors (Lipinski definition) is 1. The first-order chi connectivity index (χ1) is 10.4. The Morgan fingerprint density at radius 2 is 1.86 bits per heavy atom. The van der Waals surface area contributed by atoms with Gasteiger partial charge in [0.1, 0.15) is 0 Å². The summed E-state index contributed by atoms with van der Waals surface area (Å²) < 4.78 is 37.3. The van der Waals surface area contributed by atoms with Crippen LogP contribution in [0, 0.1) is 5.41 Å². The lowest BCUT2D eigenvalue weighted by Gasteiger charge is -2.33. The van der Waals surface area contributed by atoms with E-state index in [1.807, 2.05) is 0 Å². The molecule has 1 N–H and O–H groups in total. The molecule has 0 aromatic carbocycles. The van der Waals surface area contributed by atoms with Crippen LogP contribution in [0.1, 0.15) is 30.7 Å². The number of aromatic nitrogens is 2. The maximum atomic E-state index is 12.4. The van der Waals surface area contributed by atoms with Crippen LogP contribution >= 0.6 is 0 Å². The fourth-order valence-electron chi connectivity index (χ4n) is 3.22. The van der Waals surface area contributed by atoms with Crippen LogP contribution in [-0.2, 0) is 17.5 Å². The van der Waals surface area contributed by atoms with Gasteiger partial charge in [-0.2, -0.15) is 13.2 Å². The van der Waals surface area contributed by atoms with E-state index >= 15 is 0 Å². The number of hydrogen-bond acceptors (Lipinski definition) is 4. The van der Waals surface area contributed by atoms with Crippen LogP contribution in [0.25, 0.3) is 0 Å². The largest absolute Gasteiger partial charge is 0.451 e. The molecule has 120 valence electrons. The molecule has 22 heavy (non-hydrogen) atoms. The average Bonchev–Trinajstić information content (AvgIpc) is 2.75. The van der Waals surface area contributed by atoms with Crippen molar-refractivity contribution in [2.24, 2.45) is 5.41 Å². The van der Waals surface area contributed by atoms with Crippen molar-refractivity contribution >= 4 is 5.91 Å². The van der Waals surface area contributed by atoms with Crippen LogP contribution in [0.5, 0.6) is 0 Å². The van der Waals surface area contributed by atoms with E-state index in [4.69, 9.17) is 0 Å². The molecule has 0 bridgehead atoms. The van der Waals surface area contributed by atoms with Crippen LogP contribution in [0.3, 0.4) is 0 Å². The van der Waals surface area contributed by atoms with Gasteiger partial charge in [-0.1, -0.05) is 0 Å². The van der Waals surface area contributed by atoms with Crippen molar-refractivity contribution in [2.75, 3.05) is 19.6 Å². The highest BCUT2D eigenvalue weighted by Gasteiger charge is 2.43. The summed E-state index contributed by atoms with van der Waals surface area (Å²) in [5.74, 6) is -1.10. The summed E-state index contributed by atoms with van der Waals surface area (Å²) in [6.45, 7) is 2.75. The second-order valence-electron chi connectivity index (χ2n) is 6.09. The number of rotatable bonds is 2. The third kappa shape index (κ3) is 3.06. The van der Waals surface area contributed by atoms with Gasteiger partial charge in [0.2, 0.25) is 11.7 Å². The van der Waals surface area contributed by atoms with Crippen LogP contribution in [0.15, 0.2) is 12.4 Å². The molecule has 1 aromatic heterocycles. The first-order valence-corrected chi connectivity index (χ1v) is 7.25. The van der Waals surface area contributed by atoms with Gasteiger partial charge >= 0.3 is 6.18 Å². The van der Waals surface area contributed by atoms with Crippen molar-refractivity contribution in [2.45, 2.75) is 32.0 Å². The molecule has 3 rings (SSSR count). The Labute approximate surface area is 125 Å². The van der Waals surface area contributed by atoms with E-state index in [0.29, 0.717) is 18.5 Å². The van der Waals surface area contributed by atoms with Crippen LogP contribution in [0.4, 0.5) is 13.2 Å². The molecule has 5 nitrogen and oxygen atoms in total. The minimum Gasteiger partial charge on any atom is -0.338 e. The van der Waals surface area contributed by atoms with Gasteiger partial charge in [0, 0.05) is 37.5 Å². The van der Waals surface area contributed by atoms with Gasteiger partial charge in [0.05, 0.1) is 0 Å². The second-order valence-corrected chi connectivity index (χ2v) is 6.09. The van der Waals surface area contributed by atoms with Crippen molar-refractivity contribution in [1.29, 1.82) is 0 Å². The molecule has 1 amide bonds. The summed E-state index contributed by atoms with van der Waals surface area (Å²) >= 11 is 0. The molecule has 0 atom stereocenters. The molecule has 2 fully saturated rings. The fraction of sp³-hybridized carbons (Fsp3) is 0.643. The molecule has 0 saturated carbocycles. The van der Waals surface area contributed by atoms with E-state index in [9.17, 15) is 18.0 Å². The van der Waals surface area contributed by atoms with Crippen molar-refractivity contribution in [3.63, 3.8) is 0 Å². The summed E-state index contributed by atoms with van der Waals surface area (Å²) in [7, 11) is 0. The van der Waals surface area contributed by atoms with E-state index in [2.05, 4.69) is 15.3 Å². The molecule has 3 heterocycles. The quantitative estimate of drug-likeness (QED) is 0.901. The van der Waals surface area contributed by atoms with Gasteiger partial charge in [-0.15, -0.1) is 0 Å². The number of likely N-dealkylation sites (tertiary alicyclic amines) is 1. The van der Waals surface area contributed by atoms with Crippen molar-refractivity contribution in [3.05, 3.63) is 23.8 Å². The highest BCUT2D eigenvalue weighted by atomic mass is 19.4. The Kier molecular flexibility index (Phi) is 3.80. The molecular weight excluding hydrogens is 297 g/mol. The zero-order chi connectivity index (χ0) is 15.8. The predicted molar refractivity (Wildman–Crippen MR) is 71.6 cm³/mol. The molecule has 2 aliphatic rings. The normalized spacial score (nSPS) is 21.6. The maximum Gasteiger partial charge on any atom is 0.451 e. The van der Waals surface area contributed by atoms with Gasteiger partial charge in [0.15, 0.2) is 0 Å². The number of carbonyl (C=O) groups is 1. The number of nitrogens with one attached hydrogen (secondary N) is 1. The molecule has 2 aliphatic heterocycles. The molecular formula is C14H17F3N4O. The topological polar surface area (TPSA) is 58.1 Å². The van der Waals surface area contributed by atoms with E-state index in [0.717, 1.165) is 38.3 Å². The van der Waals surface area contributed by atoms with Gasteiger partial charge < -0.3 is 10.2 Å². The van der Waals surface area contributed by atoms with Gasteiger partial charge in [0.25, 0.3) is 0 Å². The monoisotopic (exact) mass is 314 g/mol. The fourth-order valence-corrected chi connectivity index (χ4v) is 3.22. The number of carbonyl (C=O) groups excluding carboxylic acids is 1. The lowest BCUT2D eigenvalue weighted by molar-refractivity contribution is -0.145. The Balaban J connectivity index is 1.67. The van der Waals surface area contributed by atoms with E-state index in [1.165, 1.54) is 0 Å². The maximum absolute atomic E-state index is 12.4. The number of halogens is 3. The SMILES string of the molecule is O=C1CC2(CCNCC2)CN1Cc1cnc(C(F)(F)F)nc1. The van der Waals surface area contributed by atoms with Gasteiger partial charge in [-0.05, 0) is 31.3 Å². The molecule has 1 spiro atoms. The summed E-state index contributed by atoms with van der Waals surface area (Å²) in [5, 5.41) is 3.28. The minimum atomic E-state index is -4.54. The molecule has 2 saturated heterocycles. The van der Waals surface area contributed by atoms with Crippen molar-refractivity contribution < 1.29 is 18.0 Å². The summed E-state index contributed by atoms with van der Waals surface area (Å²) in [6.07, 6.45) is 0.196. The summed E-state index contributed by atoms with van der Waals surface area (Å²) in [4.78, 5) is 20.5. The van der Waals surface area contributed by atoms with Crippen LogP contribution in [-0.4, -0.2) is 40.4 Å². The molecule has 0 unspecified atom stereocenters. The third-order valence-electron chi connectivity index (χ3n) is 4.40. The first kappa shape index (κ1) is 15.2. The van der Waals surface area contributed by atoms with Crippen LogP contribution < -0.4 is 5.32 Å². The van der Waals surface area contributed by atoms with E-state index in [1.54, 1.807) is 4.90 Å². The Hall–Kier alpha value is -1.70. The highest BCUT2D eigenvalue weighted by Crippen LogP contribution is 2.39. The van der Waals surface area contributed by atoms with Crippen molar-refractivity contribution in [1.82, 2.24) is 20.2 Å². The lowest BCUT2D eigenvalue weighted by Crippen LogP contribution is -2.38. The zero-order valence-corrected chi connectivity index (χ0v) is 12.0. The molecule has 8 heteroatoms.